The molecule has 0 bridgehead atoms. The van der Waals surface area contributed by atoms with E-state index in [9.17, 15) is 4.79 Å². The maximum atomic E-state index is 12.6. The van der Waals surface area contributed by atoms with Crippen molar-refractivity contribution in [2.75, 3.05) is 38.6 Å². The maximum Gasteiger partial charge on any atom is 0.251 e. The van der Waals surface area contributed by atoms with Crippen molar-refractivity contribution in [3.8, 4) is 0 Å². The number of hydrogen-bond acceptors (Lipinski definition) is 4. The van der Waals surface area contributed by atoms with E-state index in [1.807, 2.05) is 55.4 Å². The minimum absolute atomic E-state index is 0.0442. The summed E-state index contributed by atoms with van der Waals surface area (Å²) in [5, 5.41) is 3.09. The van der Waals surface area contributed by atoms with Crippen LogP contribution in [0.2, 0.25) is 0 Å². The van der Waals surface area contributed by atoms with Gasteiger partial charge in [-0.05, 0) is 56.3 Å². The first-order valence-electron chi connectivity index (χ1n) is 8.98. The van der Waals surface area contributed by atoms with Crippen LogP contribution in [0.25, 0.3) is 0 Å². The highest BCUT2D eigenvalue weighted by molar-refractivity contribution is 5.95. The maximum absolute atomic E-state index is 12.6. The Morgan fingerprint density at radius 2 is 2.00 bits per heavy atom. The van der Waals surface area contributed by atoms with E-state index in [-0.39, 0.29) is 11.9 Å². The number of carbonyl (C=O) groups excluding carboxylic acids is 1. The molecule has 1 aromatic heterocycles. The first-order valence-corrected chi connectivity index (χ1v) is 8.98. The molecule has 1 fully saturated rings. The van der Waals surface area contributed by atoms with Crippen LogP contribution in [0.4, 0.5) is 5.69 Å². The number of nitrogens with zero attached hydrogens (tertiary/aromatic N) is 2. The van der Waals surface area contributed by atoms with Crippen LogP contribution in [-0.4, -0.2) is 44.5 Å². The molecule has 1 aliphatic rings. The number of likely N-dealkylation sites (tertiary alicyclic amines) is 1. The number of rotatable bonds is 6. The highest BCUT2D eigenvalue weighted by atomic mass is 16.3. The van der Waals surface area contributed by atoms with Gasteiger partial charge in [-0.15, -0.1) is 0 Å². The van der Waals surface area contributed by atoms with Crippen molar-refractivity contribution in [1.82, 2.24) is 10.2 Å². The fraction of sp³-hybridized carbons (Fsp3) is 0.450. The Morgan fingerprint density at radius 3 is 2.68 bits per heavy atom. The number of amides is 1. The summed E-state index contributed by atoms with van der Waals surface area (Å²) in [5.74, 6) is 0.876. The number of anilines is 1. The van der Waals surface area contributed by atoms with Crippen LogP contribution in [0.5, 0.6) is 0 Å². The molecule has 1 saturated heterocycles. The molecule has 1 amide bonds. The lowest BCUT2D eigenvalue weighted by atomic mass is 10.1. The topological polar surface area (TPSA) is 48.7 Å². The van der Waals surface area contributed by atoms with Crippen molar-refractivity contribution in [2.24, 2.45) is 0 Å². The standard InChI is InChI=1S/C20H27N3O2/c1-22(2)17-9-6-8-16(14-17)20(24)21-15-18(19-10-7-13-25-19)23-11-4-3-5-12-23/h6-10,13-14,18H,3-5,11-12,15H2,1-2H3,(H,21,24)/t18-/m0/s1. The van der Waals surface area contributed by atoms with Crippen LogP contribution in [0.3, 0.4) is 0 Å². The average Bonchev–Trinajstić information content (AvgIpc) is 3.17. The van der Waals surface area contributed by atoms with Crippen LogP contribution in [0, 0.1) is 0 Å². The molecule has 134 valence electrons. The van der Waals surface area contributed by atoms with Gasteiger partial charge in [0.25, 0.3) is 5.91 Å². The Hall–Kier alpha value is -2.27. The van der Waals surface area contributed by atoms with Gasteiger partial charge in [0.2, 0.25) is 0 Å². The third-order valence-electron chi connectivity index (χ3n) is 4.78. The van der Waals surface area contributed by atoms with E-state index < -0.39 is 0 Å². The van der Waals surface area contributed by atoms with Crippen molar-refractivity contribution in [1.29, 1.82) is 0 Å². The van der Waals surface area contributed by atoms with E-state index in [0.29, 0.717) is 12.1 Å². The van der Waals surface area contributed by atoms with Gasteiger partial charge >= 0.3 is 0 Å². The zero-order valence-electron chi connectivity index (χ0n) is 15.1. The summed E-state index contributed by atoms with van der Waals surface area (Å²) in [6.45, 7) is 2.66. The van der Waals surface area contributed by atoms with E-state index in [1.54, 1.807) is 6.26 Å². The zero-order valence-corrected chi connectivity index (χ0v) is 15.1. The molecule has 3 rings (SSSR count). The molecule has 0 radical (unpaired) electrons. The summed E-state index contributed by atoms with van der Waals surface area (Å²) in [5.41, 5.74) is 1.70. The highest BCUT2D eigenvalue weighted by Crippen LogP contribution is 2.24. The monoisotopic (exact) mass is 341 g/mol. The Balaban J connectivity index is 1.68. The predicted octanol–water partition coefficient (Wildman–Crippen LogP) is 3.30. The Labute approximate surface area is 149 Å². The summed E-state index contributed by atoms with van der Waals surface area (Å²) < 4.78 is 5.64. The van der Waals surface area contributed by atoms with Crippen molar-refractivity contribution in [2.45, 2.75) is 25.3 Å². The molecule has 5 nitrogen and oxygen atoms in total. The molecule has 1 N–H and O–H groups in total. The van der Waals surface area contributed by atoms with Gasteiger partial charge in [-0.1, -0.05) is 12.5 Å². The van der Waals surface area contributed by atoms with Crippen molar-refractivity contribution in [3.05, 3.63) is 54.0 Å². The van der Waals surface area contributed by atoms with Crippen LogP contribution < -0.4 is 10.2 Å². The second-order valence-electron chi connectivity index (χ2n) is 6.78. The highest BCUT2D eigenvalue weighted by Gasteiger charge is 2.25. The average molecular weight is 341 g/mol. The normalized spacial score (nSPS) is 16.4. The van der Waals surface area contributed by atoms with E-state index in [4.69, 9.17) is 4.42 Å². The number of hydrogen-bond donors (Lipinski definition) is 1. The first-order chi connectivity index (χ1) is 12.1. The van der Waals surface area contributed by atoms with Gasteiger partial charge in [-0.25, -0.2) is 0 Å². The first kappa shape index (κ1) is 17.5. The number of benzene rings is 1. The third kappa shape index (κ3) is 4.42. The van der Waals surface area contributed by atoms with Crippen molar-refractivity contribution in [3.63, 3.8) is 0 Å². The van der Waals surface area contributed by atoms with E-state index in [1.165, 1.54) is 19.3 Å². The molecule has 2 aromatic rings. The Bertz CT molecular complexity index is 676. The van der Waals surface area contributed by atoms with Crippen molar-refractivity contribution < 1.29 is 9.21 Å². The smallest absolute Gasteiger partial charge is 0.251 e. The lowest BCUT2D eigenvalue weighted by molar-refractivity contribution is 0.0914. The van der Waals surface area contributed by atoms with Crippen LogP contribution in [-0.2, 0) is 0 Å². The summed E-state index contributed by atoms with van der Waals surface area (Å²) in [4.78, 5) is 17.0. The van der Waals surface area contributed by atoms with Gasteiger partial charge in [-0.3, -0.25) is 9.69 Å². The number of furan rings is 1. The molecule has 0 unspecified atom stereocenters. The number of carbonyl (C=O) groups is 1. The molecule has 0 aliphatic carbocycles. The second kappa shape index (κ2) is 8.21. The molecular weight excluding hydrogens is 314 g/mol. The predicted molar refractivity (Wildman–Crippen MR) is 100.0 cm³/mol. The van der Waals surface area contributed by atoms with Gasteiger partial charge < -0.3 is 14.6 Å². The summed E-state index contributed by atoms with van der Waals surface area (Å²) in [6, 6.07) is 11.7. The van der Waals surface area contributed by atoms with Crippen LogP contribution in [0.1, 0.15) is 41.4 Å². The van der Waals surface area contributed by atoms with E-state index >= 15 is 0 Å². The lowest BCUT2D eigenvalue weighted by Gasteiger charge is -2.33. The molecule has 1 aliphatic heterocycles. The molecule has 1 atom stereocenters. The fourth-order valence-electron chi connectivity index (χ4n) is 3.34. The van der Waals surface area contributed by atoms with Gasteiger partial charge in [0, 0.05) is 31.9 Å². The molecule has 5 heteroatoms. The Morgan fingerprint density at radius 1 is 1.20 bits per heavy atom. The Kier molecular flexibility index (Phi) is 5.76. The van der Waals surface area contributed by atoms with Gasteiger partial charge in [0.15, 0.2) is 0 Å². The van der Waals surface area contributed by atoms with E-state index in [2.05, 4.69) is 10.2 Å². The number of nitrogens with one attached hydrogen (secondary N) is 1. The molecule has 0 spiro atoms. The summed E-state index contributed by atoms with van der Waals surface area (Å²) >= 11 is 0. The zero-order chi connectivity index (χ0) is 17.6. The minimum Gasteiger partial charge on any atom is -0.468 e. The molecule has 0 saturated carbocycles. The molecule has 1 aromatic carbocycles. The number of piperidine rings is 1. The SMILES string of the molecule is CN(C)c1cccc(C(=O)NC[C@@H](c2ccco2)N2CCCCC2)c1. The molecule has 2 heterocycles. The molecular formula is C20H27N3O2. The minimum atomic E-state index is -0.0442. The summed E-state index contributed by atoms with van der Waals surface area (Å²) in [6.07, 6.45) is 5.39. The largest absolute Gasteiger partial charge is 0.468 e. The summed E-state index contributed by atoms with van der Waals surface area (Å²) in [7, 11) is 3.95. The lowest BCUT2D eigenvalue weighted by Crippen LogP contribution is -2.40. The third-order valence-corrected chi connectivity index (χ3v) is 4.78. The quantitative estimate of drug-likeness (QED) is 0.876. The van der Waals surface area contributed by atoms with Crippen molar-refractivity contribution >= 4 is 11.6 Å². The van der Waals surface area contributed by atoms with Gasteiger partial charge in [-0.2, -0.15) is 0 Å². The van der Waals surface area contributed by atoms with E-state index in [0.717, 1.165) is 24.5 Å². The van der Waals surface area contributed by atoms with Crippen LogP contribution >= 0.6 is 0 Å². The molecule has 25 heavy (non-hydrogen) atoms. The van der Waals surface area contributed by atoms with Crippen LogP contribution in [0.15, 0.2) is 47.1 Å². The van der Waals surface area contributed by atoms with Gasteiger partial charge in [0.1, 0.15) is 5.76 Å². The second-order valence-corrected chi connectivity index (χ2v) is 6.78. The fourth-order valence-corrected chi connectivity index (χ4v) is 3.34. The van der Waals surface area contributed by atoms with Gasteiger partial charge in [0.05, 0.1) is 12.3 Å².